The molecule has 1 atom stereocenters. The summed E-state index contributed by atoms with van der Waals surface area (Å²) in [5, 5.41) is 9.80. The van der Waals surface area contributed by atoms with Crippen molar-refractivity contribution in [2.45, 2.75) is 12.6 Å². The van der Waals surface area contributed by atoms with Gasteiger partial charge in [-0.1, -0.05) is 0 Å². The SMILES string of the molecule is N=C1CNCC(F)C1. The molecule has 0 saturated carbocycles. The quantitative estimate of drug-likeness (QED) is 0.470. The van der Waals surface area contributed by atoms with Crippen LogP contribution in [-0.2, 0) is 0 Å². The van der Waals surface area contributed by atoms with E-state index in [1.165, 1.54) is 0 Å². The highest BCUT2D eigenvalue weighted by Gasteiger charge is 2.13. The van der Waals surface area contributed by atoms with E-state index in [1.807, 2.05) is 0 Å². The number of piperidine rings is 1. The Morgan fingerprint density at radius 2 is 2.50 bits per heavy atom. The van der Waals surface area contributed by atoms with Crippen molar-refractivity contribution in [3.05, 3.63) is 0 Å². The van der Waals surface area contributed by atoms with Crippen molar-refractivity contribution in [2.24, 2.45) is 0 Å². The minimum Gasteiger partial charge on any atom is -0.309 e. The Bertz CT molecular complexity index is 103. The third kappa shape index (κ3) is 1.26. The summed E-state index contributed by atoms with van der Waals surface area (Å²) >= 11 is 0. The number of alkyl halides is 1. The predicted molar refractivity (Wildman–Crippen MR) is 30.1 cm³/mol. The first-order chi connectivity index (χ1) is 3.79. The van der Waals surface area contributed by atoms with Crippen LogP contribution in [0.1, 0.15) is 6.42 Å². The minimum atomic E-state index is -0.823. The Hall–Kier alpha value is -0.440. The van der Waals surface area contributed by atoms with E-state index in [2.05, 4.69) is 5.32 Å². The predicted octanol–water partition coefficient (Wildman–Crippen LogP) is 0.338. The average Bonchev–Trinajstić information content (AvgIpc) is 1.64. The molecule has 1 rings (SSSR count). The van der Waals surface area contributed by atoms with Crippen molar-refractivity contribution < 1.29 is 4.39 Å². The van der Waals surface area contributed by atoms with Crippen LogP contribution < -0.4 is 5.32 Å². The van der Waals surface area contributed by atoms with Gasteiger partial charge in [0, 0.05) is 25.2 Å². The van der Waals surface area contributed by atoms with Crippen LogP contribution in [-0.4, -0.2) is 25.0 Å². The van der Waals surface area contributed by atoms with E-state index < -0.39 is 6.17 Å². The lowest BCUT2D eigenvalue weighted by molar-refractivity contribution is 0.319. The van der Waals surface area contributed by atoms with Crippen LogP contribution in [0.25, 0.3) is 0 Å². The molecular weight excluding hydrogens is 107 g/mol. The molecule has 1 aliphatic rings. The Kier molecular flexibility index (Phi) is 1.58. The first-order valence-corrected chi connectivity index (χ1v) is 2.70. The Labute approximate surface area is 47.6 Å². The maximum Gasteiger partial charge on any atom is 0.118 e. The molecule has 2 N–H and O–H groups in total. The summed E-state index contributed by atoms with van der Waals surface area (Å²) in [5.74, 6) is 0. The first-order valence-electron chi connectivity index (χ1n) is 2.70. The summed E-state index contributed by atoms with van der Waals surface area (Å²) in [6.07, 6.45) is -0.497. The maximum absolute atomic E-state index is 12.2. The molecule has 0 aromatic rings. The Morgan fingerprint density at radius 1 is 1.75 bits per heavy atom. The number of rotatable bonds is 0. The van der Waals surface area contributed by atoms with E-state index in [0.717, 1.165) is 0 Å². The van der Waals surface area contributed by atoms with E-state index in [1.54, 1.807) is 0 Å². The third-order valence-electron chi connectivity index (χ3n) is 1.17. The van der Waals surface area contributed by atoms with Crippen LogP contribution in [0, 0.1) is 5.41 Å². The third-order valence-corrected chi connectivity index (χ3v) is 1.17. The molecule has 0 radical (unpaired) electrons. The van der Waals surface area contributed by atoms with Gasteiger partial charge in [0.15, 0.2) is 0 Å². The minimum absolute atomic E-state index is 0.326. The van der Waals surface area contributed by atoms with Gasteiger partial charge in [0.2, 0.25) is 0 Å². The molecule has 1 saturated heterocycles. The van der Waals surface area contributed by atoms with Crippen molar-refractivity contribution in [1.29, 1.82) is 5.41 Å². The van der Waals surface area contributed by atoms with Gasteiger partial charge in [0.05, 0.1) is 0 Å². The van der Waals surface area contributed by atoms with Crippen LogP contribution in [0.3, 0.4) is 0 Å². The topological polar surface area (TPSA) is 35.9 Å². The zero-order valence-electron chi connectivity index (χ0n) is 4.58. The summed E-state index contributed by atoms with van der Waals surface area (Å²) < 4.78 is 12.2. The molecule has 1 heterocycles. The van der Waals surface area contributed by atoms with Crippen molar-refractivity contribution in [1.82, 2.24) is 5.32 Å². The van der Waals surface area contributed by atoms with Gasteiger partial charge in [-0.3, -0.25) is 0 Å². The first kappa shape index (κ1) is 5.69. The molecule has 46 valence electrons. The summed E-state index contributed by atoms with van der Waals surface area (Å²) in [4.78, 5) is 0. The molecule has 0 spiro atoms. The van der Waals surface area contributed by atoms with Gasteiger partial charge in [-0.05, 0) is 0 Å². The Balaban J connectivity index is 2.34. The van der Waals surface area contributed by atoms with Crippen molar-refractivity contribution in [3.63, 3.8) is 0 Å². The van der Waals surface area contributed by atoms with Gasteiger partial charge < -0.3 is 10.7 Å². The van der Waals surface area contributed by atoms with E-state index in [0.29, 0.717) is 25.2 Å². The molecule has 1 aliphatic heterocycles. The number of nitrogens with one attached hydrogen (secondary N) is 2. The molecule has 1 unspecified atom stereocenters. The molecule has 8 heavy (non-hydrogen) atoms. The fourth-order valence-corrected chi connectivity index (χ4v) is 0.791. The lowest BCUT2D eigenvalue weighted by atomic mass is 10.1. The molecule has 0 aromatic carbocycles. The second kappa shape index (κ2) is 2.22. The highest BCUT2D eigenvalue weighted by molar-refractivity contribution is 5.84. The van der Waals surface area contributed by atoms with Gasteiger partial charge in [-0.15, -0.1) is 0 Å². The fraction of sp³-hybridized carbons (Fsp3) is 0.800. The Morgan fingerprint density at radius 3 is 2.88 bits per heavy atom. The second-order valence-corrected chi connectivity index (χ2v) is 2.04. The number of hydrogen-bond acceptors (Lipinski definition) is 2. The van der Waals surface area contributed by atoms with Crippen molar-refractivity contribution in [3.8, 4) is 0 Å². The molecule has 0 bridgehead atoms. The molecular formula is C5H9FN2. The van der Waals surface area contributed by atoms with Crippen LogP contribution in [0.2, 0.25) is 0 Å². The molecule has 0 aliphatic carbocycles. The zero-order valence-corrected chi connectivity index (χ0v) is 4.58. The fourth-order valence-electron chi connectivity index (χ4n) is 0.791. The lowest BCUT2D eigenvalue weighted by Crippen LogP contribution is -2.37. The summed E-state index contributed by atoms with van der Waals surface area (Å²) in [7, 11) is 0. The lowest BCUT2D eigenvalue weighted by Gasteiger charge is -2.15. The standard InChI is InChI=1S/C5H9FN2/c6-4-1-5(7)3-8-2-4/h4,7-8H,1-3H2. The number of hydrogen-bond donors (Lipinski definition) is 2. The molecule has 1 fully saturated rings. The van der Waals surface area contributed by atoms with Gasteiger partial charge in [0.25, 0.3) is 0 Å². The molecule has 3 heteroatoms. The molecule has 0 amide bonds. The highest BCUT2D eigenvalue weighted by atomic mass is 19.1. The second-order valence-electron chi connectivity index (χ2n) is 2.04. The van der Waals surface area contributed by atoms with Crippen molar-refractivity contribution >= 4 is 5.71 Å². The largest absolute Gasteiger partial charge is 0.309 e. The normalized spacial score (nSPS) is 30.6. The molecule has 2 nitrogen and oxygen atoms in total. The average molecular weight is 116 g/mol. The van der Waals surface area contributed by atoms with Gasteiger partial charge >= 0.3 is 0 Å². The van der Waals surface area contributed by atoms with E-state index >= 15 is 0 Å². The van der Waals surface area contributed by atoms with Gasteiger partial charge in [-0.25, -0.2) is 4.39 Å². The summed E-state index contributed by atoms with van der Waals surface area (Å²) in [6.45, 7) is 0.989. The molecule has 0 aromatic heterocycles. The smallest absolute Gasteiger partial charge is 0.118 e. The van der Waals surface area contributed by atoms with Crippen LogP contribution in [0.15, 0.2) is 0 Å². The van der Waals surface area contributed by atoms with E-state index in [4.69, 9.17) is 5.41 Å². The van der Waals surface area contributed by atoms with Crippen LogP contribution >= 0.6 is 0 Å². The van der Waals surface area contributed by atoms with E-state index in [9.17, 15) is 4.39 Å². The number of halogens is 1. The van der Waals surface area contributed by atoms with E-state index in [-0.39, 0.29) is 0 Å². The maximum atomic E-state index is 12.2. The monoisotopic (exact) mass is 116 g/mol. The summed E-state index contributed by atoms with van der Waals surface area (Å²) in [5.41, 5.74) is 0.476. The van der Waals surface area contributed by atoms with Crippen molar-refractivity contribution in [2.75, 3.05) is 13.1 Å². The van der Waals surface area contributed by atoms with Crippen LogP contribution in [0.5, 0.6) is 0 Å². The van der Waals surface area contributed by atoms with Gasteiger partial charge in [0.1, 0.15) is 6.17 Å². The summed E-state index contributed by atoms with van der Waals surface area (Å²) in [6, 6.07) is 0. The van der Waals surface area contributed by atoms with Crippen LogP contribution in [0.4, 0.5) is 4.39 Å². The zero-order chi connectivity index (χ0) is 5.98. The van der Waals surface area contributed by atoms with Gasteiger partial charge in [-0.2, -0.15) is 0 Å². The highest BCUT2D eigenvalue weighted by Crippen LogP contribution is 2.00.